The molecule has 1 fully saturated rings. The van der Waals surface area contributed by atoms with Crippen LogP contribution in [0.25, 0.3) is 10.6 Å². The fourth-order valence-corrected chi connectivity index (χ4v) is 5.73. The van der Waals surface area contributed by atoms with Crippen LogP contribution in [0.5, 0.6) is 5.75 Å². The topological polar surface area (TPSA) is 52.1 Å². The number of aryl methyl sites for hydroxylation is 1. The zero-order chi connectivity index (χ0) is 23.3. The van der Waals surface area contributed by atoms with Crippen molar-refractivity contribution >= 4 is 17.3 Å². The highest BCUT2D eigenvalue weighted by atomic mass is 32.1. The number of rotatable bonds is 14. The van der Waals surface area contributed by atoms with Crippen molar-refractivity contribution in [3.05, 3.63) is 29.3 Å². The first-order valence-electron chi connectivity index (χ1n) is 13.3. The molecule has 1 aliphatic rings. The number of hydrogen-bond donors (Lipinski definition) is 0. The van der Waals surface area contributed by atoms with Gasteiger partial charge < -0.3 is 4.74 Å². The van der Waals surface area contributed by atoms with Crippen molar-refractivity contribution in [2.45, 2.75) is 110 Å². The molecule has 0 amide bonds. The van der Waals surface area contributed by atoms with Gasteiger partial charge in [0, 0.05) is 12.0 Å². The first kappa shape index (κ1) is 25.9. The van der Waals surface area contributed by atoms with Gasteiger partial charge in [0.1, 0.15) is 15.8 Å². The van der Waals surface area contributed by atoms with Gasteiger partial charge in [0.25, 0.3) is 0 Å². The maximum atomic E-state index is 12.6. The predicted molar refractivity (Wildman–Crippen MR) is 138 cm³/mol. The third-order valence-corrected chi connectivity index (χ3v) is 7.94. The average Bonchev–Trinajstić information content (AvgIpc) is 3.31. The van der Waals surface area contributed by atoms with Crippen LogP contribution < -0.4 is 4.74 Å². The van der Waals surface area contributed by atoms with Crippen molar-refractivity contribution in [1.82, 2.24) is 10.2 Å². The Kier molecular flexibility index (Phi) is 11.4. The molecule has 5 heteroatoms. The summed E-state index contributed by atoms with van der Waals surface area (Å²) in [6.45, 7) is 4.50. The lowest BCUT2D eigenvalue weighted by Crippen LogP contribution is -2.25. The van der Waals surface area contributed by atoms with Crippen LogP contribution in [0.2, 0.25) is 0 Å². The third-order valence-electron chi connectivity index (χ3n) is 6.91. The Bertz CT molecular complexity index is 810. The molecule has 2 aromatic rings. The van der Waals surface area contributed by atoms with E-state index < -0.39 is 0 Å². The molecule has 0 N–H and O–H groups in total. The van der Waals surface area contributed by atoms with Gasteiger partial charge >= 0.3 is 5.97 Å². The van der Waals surface area contributed by atoms with E-state index in [1.54, 1.807) is 11.3 Å². The first-order chi connectivity index (χ1) is 16.2. The van der Waals surface area contributed by atoms with E-state index >= 15 is 0 Å². The molecule has 0 spiro atoms. The molecule has 0 unspecified atom stereocenters. The van der Waals surface area contributed by atoms with E-state index in [1.165, 1.54) is 64.2 Å². The summed E-state index contributed by atoms with van der Waals surface area (Å²) in [7, 11) is 0. The fourth-order valence-electron chi connectivity index (χ4n) is 4.84. The normalized spacial score (nSPS) is 18.4. The molecular weight excluding hydrogens is 428 g/mol. The zero-order valence-electron chi connectivity index (χ0n) is 20.7. The maximum absolute atomic E-state index is 12.6. The number of nitrogens with zero attached hydrogens (tertiary/aromatic N) is 2. The van der Waals surface area contributed by atoms with Crippen molar-refractivity contribution < 1.29 is 9.53 Å². The minimum Gasteiger partial charge on any atom is -0.426 e. The maximum Gasteiger partial charge on any atom is 0.314 e. The van der Waals surface area contributed by atoms with Crippen LogP contribution in [0.1, 0.15) is 109 Å². The van der Waals surface area contributed by atoms with Crippen LogP contribution in [-0.4, -0.2) is 16.2 Å². The molecular formula is C28H42N2O2S. The largest absolute Gasteiger partial charge is 0.426 e. The van der Waals surface area contributed by atoms with E-state index in [9.17, 15) is 4.79 Å². The number of aromatic nitrogens is 2. The number of unbranched alkanes of at least 4 members (excludes halogenated alkanes) is 7. The van der Waals surface area contributed by atoms with Crippen LogP contribution in [-0.2, 0) is 11.2 Å². The summed E-state index contributed by atoms with van der Waals surface area (Å²) in [6, 6.07) is 7.74. The monoisotopic (exact) mass is 470 g/mol. The van der Waals surface area contributed by atoms with E-state index in [1.807, 2.05) is 24.3 Å². The standard InChI is InChI=1S/C28H42N2O2S/c1-3-5-6-7-8-9-10-11-13-26-29-30-27(33-26)23-18-20-25(21-19-23)32-28(31)24-16-14-22(12-4-2)15-17-24/h18-22,24H,3-17H2,1-2H3. The van der Waals surface area contributed by atoms with Crippen molar-refractivity contribution in [3.63, 3.8) is 0 Å². The smallest absolute Gasteiger partial charge is 0.314 e. The molecule has 4 nitrogen and oxygen atoms in total. The summed E-state index contributed by atoms with van der Waals surface area (Å²) in [5.74, 6) is 1.41. The second kappa shape index (κ2) is 14.5. The second-order valence-corrected chi connectivity index (χ2v) is 10.7. The Balaban J connectivity index is 1.38. The molecule has 0 atom stereocenters. The molecule has 1 saturated carbocycles. The van der Waals surface area contributed by atoms with Gasteiger partial charge in [-0.15, -0.1) is 10.2 Å². The highest BCUT2D eigenvalue weighted by Crippen LogP contribution is 2.33. The fraction of sp³-hybridized carbons (Fsp3) is 0.679. The summed E-state index contributed by atoms with van der Waals surface area (Å²) in [6.07, 6.45) is 18.4. The van der Waals surface area contributed by atoms with Gasteiger partial charge in [0.2, 0.25) is 0 Å². The van der Waals surface area contributed by atoms with Gasteiger partial charge in [-0.1, -0.05) is 83.0 Å². The predicted octanol–water partition coefficient (Wildman–Crippen LogP) is 8.40. The first-order valence-corrected chi connectivity index (χ1v) is 14.2. The Morgan fingerprint density at radius 2 is 1.55 bits per heavy atom. The van der Waals surface area contributed by atoms with Gasteiger partial charge in [-0.05, 0) is 62.3 Å². The number of carbonyl (C=O) groups is 1. The van der Waals surface area contributed by atoms with E-state index in [0.717, 1.165) is 53.6 Å². The zero-order valence-corrected chi connectivity index (χ0v) is 21.5. The molecule has 0 saturated heterocycles. The highest BCUT2D eigenvalue weighted by molar-refractivity contribution is 7.14. The van der Waals surface area contributed by atoms with Gasteiger partial charge in [0.05, 0.1) is 5.92 Å². The third kappa shape index (κ3) is 8.84. The molecule has 1 aromatic carbocycles. The van der Waals surface area contributed by atoms with Crippen molar-refractivity contribution in [3.8, 4) is 16.3 Å². The van der Waals surface area contributed by atoms with E-state index in [-0.39, 0.29) is 11.9 Å². The molecule has 1 aliphatic carbocycles. The number of ether oxygens (including phenoxy) is 1. The quantitative estimate of drug-likeness (QED) is 0.158. The van der Waals surface area contributed by atoms with Gasteiger partial charge in [-0.2, -0.15) is 0 Å². The lowest BCUT2D eigenvalue weighted by Gasteiger charge is -2.26. The van der Waals surface area contributed by atoms with Crippen LogP contribution in [0.15, 0.2) is 24.3 Å². The number of carbonyl (C=O) groups excluding carboxylic acids is 1. The molecule has 182 valence electrons. The molecule has 3 rings (SSSR count). The number of benzene rings is 1. The van der Waals surface area contributed by atoms with Crippen LogP contribution in [0.4, 0.5) is 0 Å². The summed E-state index contributed by atoms with van der Waals surface area (Å²) in [5.41, 5.74) is 1.04. The van der Waals surface area contributed by atoms with E-state index in [2.05, 4.69) is 24.0 Å². The van der Waals surface area contributed by atoms with Crippen molar-refractivity contribution in [2.24, 2.45) is 11.8 Å². The van der Waals surface area contributed by atoms with Crippen molar-refractivity contribution in [1.29, 1.82) is 0 Å². The Morgan fingerprint density at radius 3 is 2.21 bits per heavy atom. The lowest BCUT2D eigenvalue weighted by molar-refractivity contribution is -0.140. The van der Waals surface area contributed by atoms with E-state index in [0.29, 0.717) is 5.75 Å². The summed E-state index contributed by atoms with van der Waals surface area (Å²) in [5, 5.41) is 10.8. The Hall–Kier alpha value is -1.75. The highest BCUT2D eigenvalue weighted by Gasteiger charge is 2.27. The second-order valence-electron chi connectivity index (χ2n) is 9.68. The summed E-state index contributed by atoms with van der Waals surface area (Å²) in [4.78, 5) is 12.6. The van der Waals surface area contributed by atoms with E-state index in [4.69, 9.17) is 4.74 Å². The van der Waals surface area contributed by atoms with Crippen LogP contribution >= 0.6 is 11.3 Å². The molecule has 1 heterocycles. The molecule has 0 aliphatic heterocycles. The minimum absolute atomic E-state index is 0.0554. The van der Waals surface area contributed by atoms with Gasteiger partial charge in [-0.25, -0.2) is 0 Å². The molecule has 0 radical (unpaired) electrons. The molecule has 33 heavy (non-hydrogen) atoms. The SMILES string of the molecule is CCCCCCCCCCc1nnc(-c2ccc(OC(=O)C3CCC(CCC)CC3)cc2)s1. The van der Waals surface area contributed by atoms with Gasteiger partial charge in [0.15, 0.2) is 0 Å². The Labute approximate surface area is 204 Å². The van der Waals surface area contributed by atoms with Crippen LogP contribution in [0.3, 0.4) is 0 Å². The summed E-state index contributed by atoms with van der Waals surface area (Å²) < 4.78 is 5.68. The molecule has 0 bridgehead atoms. The summed E-state index contributed by atoms with van der Waals surface area (Å²) >= 11 is 1.68. The minimum atomic E-state index is -0.0683. The van der Waals surface area contributed by atoms with Gasteiger partial charge in [-0.3, -0.25) is 4.79 Å². The lowest BCUT2D eigenvalue weighted by atomic mass is 9.80. The number of hydrogen-bond acceptors (Lipinski definition) is 5. The number of esters is 1. The average molecular weight is 471 g/mol. The Morgan fingerprint density at radius 1 is 0.879 bits per heavy atom. The van der Waals surface area contributed by atoms with Crippen molar-refractivity contribution in [2.75, 3.05) is 0 Å². The van der Waals surface area contributed by atoms with Crippen LogP contribution in [0, 0.1) is 11.8 Å². The molecule has 1 aromatic heterocycles.